The molecule has 0 amide bonds. The molecule has 1 unspecified atom stereocenters. The van der Waals surface area contributed by atoms with Crippen LogP contribution in [0.4, 0.5) is 0 Å². The second-order valence-electron chi connectivity index (χ2n) is 4.67. The maximum Gasteiger partial charge on any atom is 0.0960 e. The second kappa shape index (κ2) is 3.97. The molecular weight excluding hydrogens is 164 g/mol. The fourth-order valence-corrected chi connectivity index (χ4v) is 1.20. The van der Waals surface area contributed by atoms with Gasteiger partial charge in [-0.15, -0.1) is 0 Å². The van der Waals surface area contributed by atoms with Crippen LogP contribution in [0.3, 0.4) is 0 Å². The lowest BCUT2D eigenvalue weighted by atomic mass is 9.88. The Morgan fingerprint density at radius 1 is 1.46 bits per heavy atom. The molecule has 1 rings (SSSR count). The van der Waals surface area contributed by atoms with E-state index in [-0.39, 0.29) is 11.5 Å². The van der Waals surface area contributed by atoms with E-state index in [1.54, 1.807) is 12.5 Å². The Bertz CT molecular complexity index is 231. The molecule has 1 heterocycles. The van der Waals surface area contributed by atoms with Gasteiger partial charge in [-0.2, -0.15) is 0 Å². The first kappa shape index (κ1) is 10.3. The highest BCUT2D eigenvalue weighted by Crippen LogP contribution is 2.27. The van der Waals surface area contributed by atoms with E-state index in [9.17, 15) is 5.11 Å². The Morgan fingerprint density at radius 2 is 2.15 bits per heavy atom. The topological polar surface area (TPSA) is 33.4 Å². The Morgan fingerprint density at radius 3 is 2.62 bits per heavy atom. The van der Waals surface area contributed by atoms with Gasteiger partial charge in [0.15, 0.2) is 0 Å². The van der Waals surface area contributed by atoms with Gasteiger partial charge in [-0.1, -0.05) is 20.8 Å². The summed E-state index contributed by atoms with van der Waals surface area (Å²) in [7, 11) is 0. The van der Waals surface area contributed by atoms with Crippen molar-refractivity contribution in [3.8, 4) is 0 Å². The van der Waals surface area contributed by atoms with E-state index in [1.165, 1.54) is 0 Å². The lowest BCUT2D eigenvalue weighted by Crippen LogP contribution is -2.07. The molecule has 0 aliphatic carbocycles. The number of aliphatic hydroxyl groups excluding tert-OH is 1. The van der Waals surface area contributed by atoms with E-state index >= 15 is 0 Å². The molecule has 74 valence electrons. The summed E-state index contributed by atoms with van der Waals surface area (Å²) in [5.74, 6) is 0. The van der Waals surface area contributed by atoms with Gasteiger partial charge in [0.05, 0.1) is 18.6 Å². The van der Waals surface area contributed by atoms with E-state index in [4.69, 9.17) is 4.42 Å². The van der Waals surface area contributed by atoms with Crippen molar-refractivity contribution in [3.63, 3.8) is 0 Å². The van der Waals surface area contributed by atoms with Gasteiger partial charge in [0.25, 0.3) is 0 Å². The highest BCUT2D eigenvalue weighted by Gasteiger charge is 2.15. The maximum atomic E-state index is 9.71. The molecule has 0 aliphatic rings. The first-order chi connectivity index (χ1) is 5.99. The summed E-state index contributed by atoms with van der Waals surface area (Å²) in [5, 5.41) is 9.71. The van der Waals surface area contributed by atoms with Crippen molar-refractivity contribution < 1.29 is 9.52 Å². The summed E-state index contributed by atoms with van der Waals surface area (Å²) in [6.07, 6.45) is 4.63. The maximum absolute atomic E-state index is 9.71. The van der Waals surface area contributed by atoms with Crippen molar-refractivity contribution in [2.45, 2.75) is 39.7 Å². The number of hydrogen-bond acceptors (Lipinski definition) is 2. The molecule has 0 aromatic carbocycles. The molecule has 0 saturated heterocycles. The van der Waals surface area contributed by atoms with Crippen molar-refractivity contribution in [2.75, 3.05) is 0 Å². The van der Waals surface area contributed by atoms with Gasteiger partial charge in [-0.3, -0.25) is 0 Å². The van der Waals surface area contributed by atoms with E-state index in [2.05, 4.69) is 20.8 Å². The molecule has 0 bridgehead atoms. The Labute approximate surface area is 79.6 Å². The number of hydrogen-bond donors (Lipinski definition) is 1. The van der Waals surface area contributed by atoms with Crippen LogP contribution in [0.15, 0.2) is 23.0 Å². The molecule has 2 heteroatoms. The minimum absolute atomic E-state index is 0.282. The fraction of sp³-hybridized carbons (Fsp3) is 0.636. The second-order valence-corrected chi connectivity index (χ2v) is 4.67. The average Bonchev–Trinajstić information content (AvgIpc) is 2.50. The van der Waals surface area contributed by atoms with E-state index in [0.29, 0.717) is 0 Å². The molecule has 1 aromatic heterocycles. The van der Waals surface area contributed by atoms with Gasteiger partial charge in [0, 0.05) is 5.56 Å². The van der Waals surface area contributed by atoms with Gasteiger partial charge in [0.1, 0.15) is 0 Å². The molecule has 0 fully saturated rings. The molecule has 1 aromatic rings. The average molecular weight is 182 g/mol. The first-order valence-electron chi connectivity index (χ1n) is 4.69. The van der Waals surface area contributed by atoms with Gasteiger partial charge in [-0.05, 0) is 24.3 Å². The standard InChI is InChI=1S/C11H18O2/c1-11(2,3)6-4-10(12)9-5-7-13-8-9/h5,7-8,10,12H,4,6H2,1-3H3. The zero-order valence-electron chi connectivity index (χ0n) is 8.58. The van der Waals surface area contributed by atoms with E-state index < -0.39 is 0 Å². The fourth-order valence-electron chi connectivity index (χ4n) is 1.20. The van der Waals surface area contributed by atoms with Gasteiger partial charge < -0.3 is 9.52 Å². The number of aliphatic hydroxyl groups is 1. The number of furan rings is 1. The Kier molecular flexibility index (Phi) is 3.15. The van der Waals surface area contributed by atoms with Crippen LogP contribution in [0.1, 0.15) is 45.3 Å². The van der Waals surface area contributed by atoms with Crippen LogP contribution in [-0.4, -0.2) is 5.11 Å². The minimum Gasteiger partial charge on any atom is -0.472 e. The van der Waals surface area contributed by atoms with Gasteiger partial charge in [-0.25, -0.2) is 0 Å². The zero-order chi connectivity index (χ0) is 9.90. The smallest absolute Gasteiger partial charge is 0.0960 e. The van der Waals surface area contributed by atoms with Crippen molar-refractivity contribution in [3.05, 3.63) is 24.2 Å². The third-order valence-electron chi connectivity index (χ3n) is 2.10. The summed E-state index contributed by atoms with van der Waals surface area (Å²) in [6, 6.07) is 1.81. The number of rotatable bonds is 3. The molecule has 0 aliphatic heterocycles. The van der Waals surface area contributed by atoms with Crippen LogP contribution < -0.4 is 0 Å². The van der Waals surface area contributed by atoms with Crippen molar-refractivity contribution >= 4 is 0 Å². The molecule has 1 atom stereocenters. The lowest BCUT2D eigenvalue weighted by Gasteiger charge is -2.19. The van der Waals surface area contributed by atoms with Crippen LogP contribution in [0, 0.1) is 5.41 Å². The van der Waals surface area contributed by atoms with Crippen LogP contribution in [-0.2, 0) is 0 Å². The highest BCUT2D eigenvalue weighted by atomic mass is 16.3. The molecule has 13 heavy (non-hydrogen) atoms. The molecule has 0 spiro atoms. The minimum atomic E-state index is -0.377. The predicted molar refractivity (Wildman–Crippen MR) is 52.4 cm³/mol. The van der Waals surface area contributed by atoms with Gasteiger partial charge in [0.2, 0.25) is 0 Å². The lowest BCUT2D eigenvalue weighted by molar-refractivity contribution is 0.147. The predicted octanol–water partition coefficient (Wildman–Crippen LogP) is 3.14. The summed E-state index contributed by atoms with van der Waals surface area (Å²) >= 11 is 0. The highest BCUT2D eigenvalue weighted by molar-refractivity contribution is 5.08. The summed E-state index contributed by atoms with van der Waals surface area (Å²) in [5.41, 5.74) is 1.16. The summed E-state index contributed by atoms with van der Waals surface area (Å²) < 4.78 is 4.91. The monoisotopic (exact) mass is 182 g/mol. The normalized spacial score (nSPS) is 14.5. The van der Waals surface area contributed by atoms with Crippen molar-refractivity contribution in [1.29, 1.82) is 0 Å². The third kappa shape index (κ3) is 3.64. The van der Waals surface area contributed by atoms with Crippen molar-refractivity contribution in [2.24, 2.45) is 5.41 Å². The SMILES string of the molecule is CC(C)(C)CCC(O)c1ccoc1. The van der Waals surface area contributed by atoms with Crippen LogP contribution in [0.5, 0.6) is 0 Å². The van der Waals surface area contributed by atoms with Crippen molar-refractivity contribution in [1.82, 2.24) is 0 Å². The third-order valence-corrected chi connectivity index (χ3v) is 2.10. The zero-order valence-corrected chi connectivity index (χ0v) is 8.58. The van der Waals surface area contributed by atoms with Gasteiger partial charge >= 0.3 is 0 Å². The van der Waals surface area contributed by atoms with Crippen LogP contribution in [0.2, 0.25) is 0 Å². The van der Waals surface area contributed by atoms with Crippen LogP contribution >= 0.6 is 0 Å². The van der Waals surface area contributed by atoms with Crippen LogP contribution in [0.25, 0.3) is 0 Å². The Balaban J connectivity index is 2.39. The molecule has 2 nitrogen and oxygen atoms in total. The molecular formula is C11H18O2. The molecule has 1 N–H and O–H groups in total. The quantitative estimate of drug-likeness (QED) is 0.779. The largest absolute Gasteiger partial charge is 0.472 e. The van der Waals surface area contributed by atoms with E-state index in [0.717, 1.165) is 18.4 Å². The molecule has 0 radical (unpaired) electrons. The van der Waals surface area contributed by atoms with E-state index in [1.807, 2.05) is 6.07 Å². The first-order valence-corrected chi connectivity index (χ1v) is 4.69. The molecule has 0 saturated carbocycles. The summed E-state index contributed by atoms with van der Waals surface area (Å²) in [4.78, 5) is 0. The Hall–Kier alpha value is -0.760. The summed E-state index contributed by atoms with van der Waals surface area (Å²) in [6.45, 7) is 6.53.